The van der Waals surface area contributed by atoms with Crippen LogP contribution in [0.1, 0.15) is 6.42 Å². The Hall–Kier alpha value is -0.150. The molecule has 2 N–H and O–H groups in total. The smallest absolute Gasteiger partial charge is 0.0919 e. The Bertz CT molecular complexity index is 45.7. The monoisotopic (exact) mass is 121 g/mol. The van der Waals surface area contributed by atoms with Crippen LogP contribution in [-0.4, -0.2) is 31.5 Å². The molecule has 0 spiro atoms. The average molecular weight is 121 g/mol. The molecule has 0 saturated carbocycles. The number of hydrogen-bond acceptors (Lipinski definition) is 2. The van der Waals surface area contributed by atoms with Gasteiger partial charge >= 0.3 is 0 Å². The molecule has 0 rings (SSSR count). The fourth-order valence-corrected chi connectivity index (χ4v) is 0.464. The first-order valence-corrected chi connectivity index (χ1v) is 2.70. The molecule has 2 nitrogen and oxygen atoms in total. The van der Waals surface area contributed by atoms with Crippen molar-refractivity contribution in [3.05, 3.63) is 0 Å². The van der Waals surface area contributed by atoms with Gasteiger partial charge in [-0.1, -0.05) is 0 Å². The van der Waals surface area contributed by atoms with E-state index in [1.807, 2.05) is 0 Å². The highest BCUT2D eigenvalue weighted by Gasteiger charge is 1.98. The Kier molecular flexibility index (Phi) is 4.90. The number of halogens is 1. The lowest BCUT2D eigenvalue weighted by Gasteiger charge is -2.04. The lowest BCUT2D eigenvalue weighted by Crippen LogP contribution is -2.23. The molecule has 0 aliphatic carbocycles. The van der Waals surface area contributed by atoms with Gasteiger partial charge in [-0.15, -0.1) is 0 Å². The standard InChI is InChI=1S/C5H12FNO/c1-7-4-5(8)2-3-6/h5,7-8H,2-4H2,1H3. The molecule has 50 valence electrons. The van der Waals surface area contributed by atoms with E-state index in [1.165, 1.54) is 0 Å². The van der Waals surface area contributed by atoms with Gasteiger partial charge in [-0.05, 0) is 7.05 Å². The fourth-order valence-electron chi connectivity index (χ4n) is 0.464. The molecular formula is C5H12FNO. The zero-order valence-electron chi connectivity index (χ0n) is 5.02. The van der Waals surface area contributed by atoms with Crippen molar-refractivity contribution in [1.29, 1.82) is 0 Å². The summed E-state index contributed by atoms with van der Waals surface area (Å²) >= 11 is 0. The maximum atomic E-state index is 11.4. The van der Waals surface area contributed by atoms with E-state index in [2.05, 4.69) is 5.32 Å². The van der Waals surface area contributed by atoms with Crippen LogP contribution in [0.25, 0.3) is 0 Å². The average Bonchev–Trinajstić information content (AvgIpc) is 1.68. The van der Waals surface area contributed by atoms with Gasteiger partial charge in [-0.2, -0.15) is 0 Å². The number of rotatable bonds is 4. The van der Waals surface area contributed by atoms with Crippen molar-refractivity contribution in [2.75, 3.05) is 20.3 Å². The Morgan fingerprint density at radius 2 is 2.38 bits per heavy atom. The van der Waals surface area contributed by atoms with Crippen molar-refractivity contribution in [1.82, 2.24) is 5.32 Å². The van der Waals surface area contributed by atoms with E-state index in [1.54, 1.807) is 7.05 Å². The highest BCUT2D eigenvalue weighted by atomic mass is 19.1. The topological polar surface area (TPSA) is 32.3 Å². The minimum absolute atomic E-state index is 0.237. The highest BCUT2D eigenvalue weighted by molar-refractivity contribution is 4.54. The van der Waals surface area contributed by atoms with Crippen LogP contribution in [0.3, 0.4) is 0 Å². The van der Waals surface area contributed by atoms with E-state index in [0.29, 0.717) is 6.54 Å². The van der Waals surface area contributed by atoms with Crippen molar-refractivity contribution in [2.45, 2.75) is 12.5 Å². The molecule has 0 aromatic heterocycles. The van der Waals surface area contributed by atoms with Gasteiger partial charge in [0, 0.05) is 13.0 Å². The minimum Gasteiger partial charge on any atom is -0.392 e. The summed E-state index contributed by atoms with van der Waals surface area (Å²) in [5.74, 6) is 0. The molecule has 0 saturated heterocycles. The van der Waals surface area contributed by atoms with Crippen molar-refractivity contribution < 1.29 is 9.50 Å². The second kappa shape index (κ2) is 5.00. The van der Waals surface area contributed by atoms with Crippen LogP contribution < -0.4 is 5.32 Å². The summed E-state index contributed by atoms with van der Waals surface area (Å²) in [6.45, 7) is 0.0345. The van der Waals surface area contributed by atoms with E-state index in [0.717, 1.165) is 0 Å². The predicted molar refractivity (Wildman–Crippen MR) is 30.5 cm³/mol. The summed E-state index contributed by atoms with van der Waals surface area (Å²) in [6.07, 6.45) is -0.286. The minimum atomic E-state index is -0.523. The van der Waals surface area contributed by atoms with Crippen LogP contribution >= 0.6 is 0 Å². The van der Waals surface area contributed by atoms with Gasteiger partial charge in [0.25, 0.3) is 0 Å². The maximum Gasteiger partial charge on any atom is 0.0919 e. The third-order valence-electron chi connectivity index (χ3n) is 0.882. The molecule has 0 aliphatic heterocycles. The van der Waals surface area contributed by atoms with Crippen LogP contribution in [-0.2, 0) is 0 Å². The van der Waals surface area contributed by atoms with E-state index in [4.69, 9.17) is 5.11 Å². The summed E-state index contributed by atoms with van der Waals surface area (Å²) in [7, 11) is 1.72. The summed E-state index contributed by atoms with van der Waals surface area (Å²) in [6, 6.07) is 0. The Morgan fingerprint density at radius 3 is 2.75 bits per heavy atom. The van der Waals surface area contributed by atoms with Gasteiger partial charge in [-0.25, -0.2) is 0 Å². The molecule has 0 radical (unpaired) electrons. The molecule has 0 fully saturated rings. The molecule has 8 heavy (non-hydrogen) atoms. The highest BCUT2D eigenvalue weighted by Crippen LogP contribution is 1.88. The van der Waals surface area contributed by atoms with E-state index in [-0.39, 0.29) is 6.42 Å². The van der Waals surface area contributed by atoms with Crippen molar-refractivity contribution in [3.63, 3.8) is 0 Å². The van der Waals surface area contributed by atoms with Crippen molar-refractivity contribution in [3.8, 4) is 0 Å². The number of aliphatic hydroxyl groups is 1. The number of nitrogens with one attached hydrogen (secondary N) is 1. The Balaban J connectivity index is 2.92. The van der Waals surface area contributed by atoms with Crippen LogP contribution in [0.4, 0.5) is 4.39 Å². The van der Waals surface area contributed by atoms with Crippen molar-refractivity contribution in [2.24, 2.45) is 0 Å². The maximum absolute atomic E-state index is 11.4. The van der Waals surface area contributed by atoms with Gasteiger partial charge in [0.1, 0.15) is 0 Å². The first kappa shape index (κ1) is 7.85. The van der Waals surface area contributed by atoms with Crippen LogP contribution in [0.15, 0.2) is 0 Å². The van der Waals surface area contributed by atoms with Crippen LogP contribution in [0.5, 0.6) is 0 Å². The van der Waals surface area contributed by atoms with Gasteiger partial charge in [0.05, 0.1) is 12.8 Å². The largest absolute Gasteiger partial charge is 0.392 e. The number of likely N-dealkylation sites (N-methyl/N-ethyl adjacent to an activating group) is 1. The first-order chi connectivity index (χ1) is 3.81. The third-order valence-corrected chi connectivity index (χ3v) is 0.882. The lowest BCUT2D eigenvalue weighted by atomic mass is 10.3. The third kappa shape index (κ3) is 4.02. The number of hydrogen-bond donors (Lipinski definition) is 2. The Morgan fingerprint density at radius 1 is 1.75 bits per heavy atom. The first-order valence-electron chi connectivity index (χ1n) is 2.70. The predicted octanol–water partition coefficient (Wildman–Crippen LogP) is -0.0737. The van der Waals surface area contributed by atoms with Gasteiger partial charge in [0.15, 0.2) is 0 Å². The molecule has 0 amide bonds. The SMILES string of the molecule is CNCC(O)CCF. The van der Waals surface area contributed by atoms with Crippen LogP contribution in [0, 0.1) is 0 Å². The molecule has 0 aliphatic rings. The number of aliphatic hydroxyl groups excluding tert-OH is 1. The number of alkyl halides is 1. The van der Waals surface area contributed by atoms with Gasteiger partial charge in [0.2, 0.25) is 0 Å². The summed E-state index contributed by atoms with van der Waals surface area (Å²) in [5.41, 5.74) is 0. The summed E-state index contributed by atoms with van der Waals surface area (Å²) in [5, 5.41) is 11.5. The molecule has 3 heteroatoms. The second-order valence-corrected chi connectivity index (χ2v) is 1.69. The van der Waals surface area contributed by atoms with Gasteiger partial charge < -0.3 is 10.4 Å². The van der Waals surface area contributed by atoms with Crippen molar-refractivity contribution >= 4 is 0 Å². The van der Waals surface area contributed by atoms with E-state index < -0.39 is 12.8 Å². The molecule has 0 bridgehead atoms. The normalized spacial score (nSPS) is 13.9. The molecule has 0 heterocycles. The zero-order chi connectivity index (χ0) is 6.41. The van der Waals surface area contributed by atoms with E-state index in [9.17, 15) is 4.39 Å². The summed E-state index contributed by atoms with van der Waals surface area (Å²) in [4.78, 5) is 0. The second-order valence-electron chi connectivity index (χ2n) is 1.69. The quantitative estimate of drug-likeness (QED) is 0.545. The zero-order valence-corrected chi connectivity index (χ0v) is 5.02. The fraction of sp³-hybridized carbons (Fsp3) is 1.00. The molecule has 1 unspecified atom stereocenters. The molecule has 0 aromatic rings. The van der Waals surface area contributed by atoms with E-state index >= 15 is 0 Å². The molecule has 0 aromatic carbocycles. The van der Waals surface area contributed by atoms with Crippen LogP contribution in [0.2, 0.25) is 0 Å². The molecular weight excluding hydrogens is 109 g/mol. The Labute approximate surface area is 48.7 Å². The summed E-state index contributed by atoms with van der Waals surface area (Å²) < 4.78 is 11.4. The lowest BCUT2D eigenvalue weighted by molar-refractivity contribution is 0.154. The van der Waals surface area contributed by atoms with Gasteiger partial charge in [-0.3, -0.25) is 4.39 Å². The molecule has 1 atom stereocenters.